The molecule has 0 bridgehead atoms. The Morgan fingerprint density at radius 2 is 1.78 bits per heavy atom. The first-order chi connectivity index (χ1) is 12.7. The molecule has 1 saturated heterocycles. The van der Waals surface area contributed by atoms with E-state index in [1.54, 1.807) is 5.32 Å². The van der Waals surface area contributed by atoms with Gasteiger partial charge in [0.15, 0.2) is 0 Å². The molecule has 7 nitrogen and oxygen atoms in total. The highest BCUT2D eigenvalue weighted by Crippen LogP contribution is 2.14. The molecule has 0 spiro atoms. The molecule has 11 heteroatoms. The summed E-state index contributed by atoms with van der Waals surface area (Å²) in [4.78, 5) is 13.8. The minimum absolute atomic E-state index is 0.0504. The van der Waals surface area contributed by atoms with Gasteiger partial charge in [0.2, 0.25) is 10.0 Å². The van der Waals surface area contributed by atoms with Crippen molar-refractivity contribution in [2.45, 2.75) is 17.5 Å². The van der Waals surface area contributed by atoms with Crippen LogP contribution in [0.4, 0.5) is 13.2 Å². The molecule has 2 rings (SSSR count). The SMILES string of the molecule is O=C(NCC(F)(F)F)c1ccc(S(=O)(=O)NCCCN2CCOCC2)cc1. The number of hydrogen-bond donors (Lipinski definition) is 2. The van der Waals surface area contributed by atoms with Gasteiger partial charge >= 0.3 is 6.18 Å². The predicted octanol–water partition coefficient (Wildman–Crippen LogP) is 0.979. The fraction of sp³-hybridized carbons (Fsp3) is 0.562. The molecule has 0 aliphatic carbocycles. The summed E-state index contributed by atoms with van der Waals surface area (Å²) in [6.45, 7) is 2.56. The van der Waals surface area contributed by atoms with Crippen molar-refractivity contribution < 1.29 is 31.1 Å². The zero-order valence-corrected chi connectivity index (χ0v) is 15.4. The van der Waals surface area contributed by atoms with Gasteiger partial charge in [0.1, 0.15) is 6.54 Å². The Bertz CT molecular complexity index is 717. The van der Waals surface area contributed by atoms with Crippen molar-refractivity contribution >= 4 is 15.9 Å². The predicted molar refractivity (Wildman–Crippen MR) is 91.9 cm³/mol. The highest BCUT2D eigenvalue weighted by molar-refractivity contribution is 7.89. The monoisotopic (exact) mass is 409 g/mol. The van der Waals surface area contributed by atoms with Crippen LogP contribution in [-0.4, -0.2) is 71.3 Å². The summed E-state index contributed by atoms with van der Waals surface area (Å²) < 4.78 is 68.5. The summed E-state index contributed by atoms with van der Waals surface area (Å²) in [5, 5.41) is 1.73. The summed E-state index contributed by atoms with van der Waals surface area (Å²) in [6.07, 6.45) is -3.87. The standard InChI is InChI=1S/C16H22F3N3O4S/c17-16(18,19)12-20-15(23)13-2-4-14(5-3-13)27(24,25)21-6-1-7-22-8-10-26-11-9-22/h2-5,21H,1,6-12H2,(H,20,23). The highest BCUT2D eigenvalue weighted by atomic mass is 32.2. The highest BCUT2D eigenvalue weighted by Gasteiger charge is 2.28. The van der Waals surface area contributed by atoms with E-state index in [0.717, 1.165) is 19.6 Å². The van der Waals surface area contributed by atoms with E-state index in [1.807, 2.05) is 0 Å². The Labute approximate surface area is 155 Å². The lowest BCUT2D eigenvalue weighted by Crippen LogP contribution is -2.38. The maximum absolute atomic E-state index is 12.2. The van der Waals surface area contributed by atoms with Gasteiger partial charge in [-0.05, 0) is 37.2 Å². The van der Waals surface area contributed by atoms with Gasteiger partial charge in [-0.15, -0.1) is 0 Å². The van der Waals surface area contributed by atoms with Crippen molar-refractivity contribution in [1.82, 2.24) is 14.9 Å². The molecule has 1 amide bonds. The van der Waals surface area contributed by atoms with Crippen molar-refractivity contribution in [2.75, 3.05) is 45.9 Å². The number of ether oxygens (including phenoxy) is 1. The Balaban J connectivity index is 1.82. The zero-order chi connectivity index (χ0) is 19.9. The molecule has 0 unspecified atom stereocenters. The Morgan fingerprint density at radius 3 is 2.37 bits per heavy atom. The van der Waals surface area contributed by atoms with Crippen LogP contribution in [0.25, 0.3) is 0 Å². The van der Waals surface area contributed by atoms with Crippen molar-refractivity contribution in [1.29, 1.82) is 0 Å². The minimum atomic E-state index is -4.51. The van der Waals surface area contributed by atoms with Crippen LogP contribution in [0.5, 0.6) is 0 Å². The third-order valence-electron chi connectivity index (χ3n) is 3.92. The van der Waals surface area contributed by atoms with Crippen molar-refractivity contribution in [2.24, 2.45) is 0 Å². The Kier molecular flexibility index (Phi) is 7.59. The average Bonchev–Trinajstić information content (AvgIpc) is 2.64. The van der Waals surface area contributed by atoms with Crippen LogP contribution in [0, 0.1) is 0 Å². The number of sulfonamides is 1. The molecule has 0 atom stereocenters. The second kappa shape index (κ2) is 9.49. The van der Waals surface area contributed by atoms with E-state index in [-0.39, 0.29) is 17.0 Å². The van der Waals surface area contributed by atoms with Gasteiger partial charge in [-0.2, -0.15) is 13.2 Å². The number of morpholine rings is 1. The van der Waals surface area contributed by atoms with E-state index in [2.05, 4.69) is 9.62 Å². The number of rotatable bonds is 8. The van der Waals surface area contributed by atoms with Gasteiger partial charge in [0.05, 0.1) is 18.1 Å². The Hall–Kier alpha value is -1.69. The van der Waals surface area contributed by atoms with E-state index in [9.17, 15) is 26.4 Å². The van der Waals surface area contributed by atoms with Crippen LogP contribution in [0.3, 0.4) is 0 Å². The second-order valence-corrected chi connectivity index (χ2v) is 7.79. The molecule has 0 saturated carbocycles. The zero-order valence-electron chi connectivity index (χ0n) is 14.6. The van der Waals surface area contributed by atoms with Crippen molar-refractivity contribution in [3.05, 3.63) is 29.8 Å². The number of carbonyl (C=O) groups is 1. The summed E-state index contributed by atoms with van der Waals surface area (Å²) in [6, 6.07) is 4.72. The van der Waals surface area contributed by atoms with Gasteiger partial charge < -0.3 is 10.1 Å². The first-order valence-electron chi connectivity index (χ1n) is 8.42. The third kappa shape index (κ3) is 7.45. The molecule has 1 aliphatic heterocycles. The number of benzene rings is 1. The smallest absolute Gasteiger partial charge is 0.379 e. The van der Waals surface area contributed by atoms with Crippen LogP contribution >= 0.6 is 0 Å². The van der Waals surface area contributed by atoms with Crippen molar-refractivity contribution in [3.8, 4) is 0 Å². The normalized spacial score (nSPS) is 16.3. The number of nitrogens with one attached hydrogen (secondary N) is 2. The molecule has 1 fully saturated rings. The largest absolute Gasteiger partial charge is 0.405 e. The van der Waals surface area contributed by atoms with E-state index >= 15 is 0 Å². The maximum Gasteiger partial charge on any atom is 0.405 e. The summed E-state index contributed by atoms with van der Waals surface area (Å²) in [5.74, 6) is -0.922. The molecule has 152 valence electrons. The molecule has 1 heterocycles. The van der Waals surface area contributed by atoms with E-state index in [0.29, 0.717) is 19.6 Å². The number of halogens is 3. The van der Waals surface area contributed by atoms with Crippen molar-refractivity contribution in [3.63, 3.8) is 0 Å². The lowest BCUT2D eigenvalue weighted by Gasteiger charge is -2.26. The van der Waals surface area contributed by atoms with Crippen LogP contribution in [0.1, 0.15) is 16.8 Å². The molecule has 2 N–H and O–H groups in total. The fourth-order valence-electron chi connectivity index (χ4n) is 2.49. The van der Waals surface area contributed by atoms with Crippen LogP contribution in [-0.2, 0) is 14.8 Å². The van der Waals surface area contributed by atoms with Crippen LogP contribution in [0.15, 0.2) is 29.2 Å². The average molecular weight is 409 g/mol. The van der Waals surface area contributed by atoms with Gasteiger partial charge in [-0.1, -0.05) is 0 Å². The first kappa shape index (κ1) is 21.6. The number of carbonyl (C=O) groups excluding carboxylic acids is 1. The number of nitrogens with zero attached hydrogens (tertiary/aromatic N) is 1. The number of amides is 1. The summed E-state index contributed by atoms with van der Waals surface area (Å²) >= 11 is 0. The molecule has 1 aliphatic rings. The molecular formula is C16H22F3N3O4S. The molecule has 0 radical (unpaired) electrons. The molecule has 27 heavy (non-hydrogen) atoms. The maximum atomic E-state index is 12.2. The topological polar surface area (TPSA) is 87.7 Å². The lowest BCUT2D eigenvalue weighted by molar-refractivity contribution is -0.123. The summed E-state index contributed by atoms with van der Waals surface area (Å²) in [5.41, 5.74) is -0.0504. The molecule has 1 aromatic carbocycles. The van der Waals surface area contributed by atoms with E-state index in [1.165, 1.54) is 24.3 Å². The minimum Gasteiger partial charge on any atom is -0.379 e. The lowest BCUT2D eigenvalue weighted by atomic mass is 10.2. The van der Waals surface area contributed by atoms with Crippen LogP contribution < -0.4 is 10.0 Å². The van der Waals surface area contributed by atoms with E-state index in [4.69, 9.17) is 4.74 Å². The third-order valence-corrected chi connectivity index (χ3v) is 5.40. The second-order valence-electron chi connectivity index (χ2n) is 6.03. The number of hydrogen-bond acceptors (Lipinski definition) is 5. The molecule has 0 aromatic heterocycles. The number of alkyl halides is 3. The van der Waals surface area contributed by atoms with Gasteiger partial charge in [0.25, 0.3) is 5.91 Å². The van der Waals surface area contributed by atoms with E-state index < -0.39 is 28.7 Å². The van der Waals surface area contributed by atoms with Gasteiger partial charge in [-0.3, -0.25) is 9.69 Å². The Morgan fingerprint density at radius 1 is 1.15 bits per heavy atom. The molecular weight excluding hydrogens is 387 g/mol. The van der Waals surface area contributed by atoms with Crippen LogP contribution in [0.2, 0.25) is 0 Å². The fourth-order valence-corrected chi connectivity index (χ4v) is 3.56. The van der Waals surface area contributed by atoms with Gasteiger partial charge in [-0.25, -0.2) is 13.1 Å². The quantitative estimate of drug-likeness (QED) is 0.625. The summed E-state index contributed by atoms with van der Waals surface area (Å²) in [7, 11) is -3.75. The van der Waals surface area contributed by atoms with Gasteiger partial charge in [0, 0.05) is 25.2 Å². The first-order valence-corrected chi connectivity index (χ1v) is 9.90. The molecule has 1 aromatic rings.